The number of thiophene rings is 1. The predicted molar refractivity (Wildman–Crippen MR) is 67.2 cm³/mol. The molecule has 2 rings (SSSR count). The van der Waals surface area contributed by atoms with Crippen LogP contribution in [0.3, 0.4) is 0 Å². The first kappa shape index (κ1) is 11.9. The van der Waals surface area contributed by atoms with E-state index < -0.39 is 11.6 Å². The molecule has 0 unspecified atom stereocenters. The Bertz CT molecular complexity index is 511. The summed E-state index contributed by atoms with van der Waals surface area (Å²) in [6.45, 7) is 0.502. The molecule has 2 N–H and O–H groups in total. The number of hydrogen-bond acceptors (Lipinski definition) is 3. The molecule has 0 aliphatic carbocycles. The van der Waals surface area contributed by atoms with Gasteiger partial charge in [0.25, 0.3) is 0 Å². The van der Waals surface area contributed by atoms with Gasteiger partial charge in [-0.25, -0.2) is 8.78 Å². The Hall–Kier alpha value is -1.62. The zero-order chi connectivity index (χ0) is 12.4. The summed E-state index contributed by atoms with van der Waals surface area (Å²) in [7, 11) is 1.69. The van der Waals surface area contributed by atoms with Gasteiger partial charge in [0.1, 0.15) is 0 Å². The SMILES string of the molecule is CN(Cc1cccs1)c1c(N)ccc(F)c1F. The molecule has 0 atom stereocenters. The molecule has 0 spiro atoms. The number of nitrogens with two attached hydrogens (primary N) is 1. The first-order chi connectivity index (χ1) is 8.09. The van der Waals surface area contributed by atoms with Gasteiger partial charge < -0.3 is 10.6 Å². The molecule has 1 heterocycles. The molecule has 90 valence electrons. The van der Waals surface area contributed by atoms with Crippen LogP contribution < -0.4 is 10.6 Å². The minimum atomic E-state index is -0.899. The van der Waals surface area contributed by atoms with Crippen molar-refractivity contribution in [1.29, 1.82) is 0 Å². The molecule has 1 aromatic carbocycles. The molecule has 2 aromatic rings. The summed E-state index contributed by atoms with van der Waals surface area (Å²) < 4.78 is 26.8. The van der Waals surface area contributed by atoms with Crippen molar-refractivity contribution in [2.45, 2.75) is 6.54 Å². The third-order valence-corrected chi connectivity index (χ3v) is 3.32. The van der Waals surface area contributed by atoms with Crippen LogP contribution in [0.25, 0.3) is 0 Å². The van der Waals surface area contributed by atoms with Crippen molar-refractivity contribution < 1.29 is 8.78 Å². The Morgan fingerprint density at radius 3 is 2.71 bits per heavy atom. The molecule has 0 amide bonds. The van der Waals surface area contributed by atoms with E-state index >= 15 is 0 Å². The smallest absolute Gasteiger partial charge is 0.184 e. The van der Waals surface area contributed by atoms with Gasteiger partial charge in [0.05, 0.1) is 17.9 Å². The first-order valence-electron chi connectivity index (χ1n) is 5.06. The van der Waals surface area contributed by atoms with Crippen LogP contribution in [0.1, 0.15) is 4.88 Å². The van der Waals surface area contributed by atoms with Crippen molar-refractivity contribution in [3.05, 3.63) is 46.2 Å². The largest absolute Gasteiger partial charge is 0.397 e. The Morgan fingerprint density at radius 2 is 2.06 bits per heavy atom. The van der Waals surface area contributed by atoms with Crippen molar-refractivity contribution in [3.8, 4) is 0 Å². The lowest BCUT2D eigenvalue weighted by atomic mass is 10.2. The molecule has 0 saturated carbocycles. The summed E-state index contributed by atoms with van der Waals surface area (Å²) in [6, 6.07) is 6.26. The summed E-state index contributed by atoms with van der Waals surface area (Å²) in [4.78, 5) is 2.68. The number of anilines is 2. The number of nitrogen functional groups attached to an aromatic ring is 1. The number of nitrogens with zero attached hydrogens (tertiary/aromatic N) is 1. The van der Waals surface area contributed by atoms with Gasteiger partial charge in [0.15, 0.2) is 11.6 Å². The highest BCUT2D eigenvalue weighted by Gasteiger charge is 2.16. The van der Waals surface area contributed by atoms with Crippen molar-refractivity contribution in [3.63, 3.8) is 0 Å². The third-order valence-electron chi connectivity index (χ3n) is 2.46. The molecule has 1 aromatic heterocycles. The van der Waals surface area contributed by atoms with E-state index in [1.165, 1.54) is 6.07 Å². The molecular weight excluding hydrogens is 242 g/mol. The van der Waals surface area contributed by atoms with Crippen LogP contribution in [-0.4, -0.2) is 7.05 Å². The second-order valence-corrected chi connectivity index (χ2v) is 4.77. The van der Waals surface area contributed by atoms with Crippen molar-refractivity contribution >= 4 is 22.7 Å². The summed E-state index contributed by atoms with van der Waals surface area (Å²) in [5.41, 5.74) is 6.02. The third kappa shape index (κ3) is 2.39. The van der Waals surface area contributed by atoms with Gasteiger partial charge >= 0.3 is 0 Å². The van der Waals surface area contributed by atoms with Crippen LogP contribution in [0.2, 0.25) is 0 Å². The molecule has 0 aliphatic heterocycles. The molecule has 0 fully saturated rings. The summed E-state index contributed by atoms with van der Waals surface area (Å²) >= 11 is 1.56. The van der Waals surface area contributed by atoms with Gasteiger partial charge in [-0.15, -0.1) is 11.3 Å². The number of hydrogen-bond donors (Lipinski definition) is 1. The van der Waals surface area contributed by atoms with Crippen LogP contribution >= 0.6 is 11.3 Å². The second kappa shape index (κ2) is 4.71. The minimum Gasteiger partial charge on any atom is -0.397 e. The van der Waals surface area contributed by atoms with E-state index in [9.17, 15) is 8.78 Å². The lowest BCUT2D eigenvalue weighted by Gasteiger charge is -2.21. The van der Waals surface area contributed by atoms with Crippen LogP contribution in [0.4, 0.5) is 20.2 Å². The number of halogens is 2. The van der Waals surface area contributed by atoms with E-state index in [-0.39, 0.29) is 11.4 Å². The van der Waals surface area contributed by atoms with Gasteiger partial charge in [-0.2, -0.15) is 0 Å². The van der Waals surface area contributed by atoms with Gasteiger partial charge in [-0.1, -0.05) is 6.07 Å². The van der Waals surface area contributed by atoms with Crippen molar-refractivity contribution in [2.24, 2.45) is 0 Å². The van der Waals surface area contributed by atoms with Gasteiger partial charge in [0.2, 0.25) is 0 Å². The molecule has 2 nitrogen and oxygen atoms in total. The minimum absolute atomic E-state index is 0.110. The fourth-order valence-electron chi connectivity index (χ4n) is 1.66. The molecule has 0 aliphatic rings. The van der Waals surface area contributed by atoms with Gasteiger partial charge in [-0.3, -0.25) is 0 Å². The number of benzene rings is 1. The van der Waals surface area contributed by atoms with E-state index in [0.29, 0.717) is 6.54 Å². The normalized spacial score (nSPS) is 10.5. The van der Waals surface area contributed by atoms with Crippen LogP contribution in [0.5, 0.6) is 0 Å². The fraction of sp³-hybridized carbons (Fsp3) is 0.167. The molecule has 5 heteroatoms. The van der Waals surface area contributed by atoms with E-state index in [4.69, 9.17) is 5.73 Å². The zero-order valence-electron chi connectivity index (χ0n) is 9.28. The summed E-state index contributed by atoms with van der Waals surface area (Å²) in [5, 5.41) is 1.94. The highest BCUT2D eigenvalue weighted by atomic mass is 32.1. The Balaban J connectivity index is 2.30. The van der Waals surface area contributed by atoms with E-state index in [1.54, 1.807) is 23.3 Å². The Kier molecular flexibility index (Phi) is 3.28. The van der Waals surface area contributed by atoms with E-state index in [1.807, 2.05) is 17.5 Å². The topological polar surface area (TPSA) is 29.3 Å². The van der Waals surface area contributed by atoms with E-state index in [0.717, 1.165) is 10.9 Å². The highest BCUT2D eigenvalue weighted by Crippen LogP contribution is 2.29. The second-order valence-electron chi connectivity index (χ2n) is 3.73. The predicted octanol–water partition coefficient (Wildman–Crippen LogP) is 3.24. The lowest BCUT2D eigenvalue weighted by Crippen LogP contribution is -2.19. The number of rotatable bonds is 3. The average Bonchev–Trinajstić information content (AvgIpc) is 2.77. The quantitative estimate of drug-likeness (QED) is 0.852. The zero-order valence-corrected chi connectivity index (χ0v) is 10.1. The van der Waals surface area contributed by atoms with Gasteiger partial charge in [-0.05, 0) is 23.6 Å². The highest BCUT2D eigenvalue weighted by molar-refractivity contribution is 7.09. The average molecular weight is 254 g/mol. The lowest BCUT2D eigenvalue weighted by molar-refractivity contribution is 0.508. The van der Waals surface area contributed by atoms with Crippen LogP contribution in [0, 0.1) is 11.6 Å². The van der Waals surface area contributed by atoms with Crippen LogP contribution in [0.15, 0.2) is 29.6 Å². The first-order valence-corrected chi connectivity index (χ1v) is 5.94. The molecule has 17 heavy (non-hydrogen) atoms. The monoisotopic (exact) mass is 254 g/mol. The molecule has 0 saturated heterocycles. The molecular formula is C12H12F2N2S. The molecule has 0 bridgehead atoms. The van der Waals surface area contributed by atoms with Crippen LogP contribution in [-0.2, 0) is 6.54 Å². The maximum atomic E-state index is 13.6. The Labute approximate surface area is 102 Å². The fourth-order valence-corrected chi connectivity index (χ4v) is 2.42. The maximum absolute atomic E-state index is 13.6. The maximum Gasteiger partial charge on any atom is 0.184 e. The molecule has 0 radical (unpaired) electrons. The van der Waals surface area contributed by atoms with Crippen molar-refractivity contribution in [2.75, 3.05) is 17.7 Å². The van der Waals surface area contributed by atoms with Crippen molar-refractivity contribution in [1.82, 2.24) is 0 Å². The summed E-state index contributed by atoms with van der Waals surface area (Å²) in [5.74, 6) is -1.78. The Morgan fingerprint density at radius 1 is 1.29 bits per heavy atom. The van der Waals surface area contributed by atoms with E-state index in [2.05, 4.69) is 0 Å². The van der Waals surface area contributed by atoms with Gasteiger partial charge in [0, 0.05) is 11.9 Å². The summed E-state index contributed by atoms with van der Waals surface area (Å²) in [6.07, 6.45) is 0. The standard InChI is InChI=1S/C12H12F2N2S/c1-16(7-8-3-2-6-17-8)12-10(15)5-4-9(13)11(12)14/h2-6H,7,15H2,1H3.